The highest BCUT2D eigenvalue weighted by Gasteiger charge is 2.16. The number of ether oxygens (including phenoxy) is 4. The molecule has 0 saturated carbocycles. The molecule has 0 spiro atoms. The number of amides is 1. The van der Waals surface area contributed by atoms with Crippen LogP contribution in [-0.2, 0) is 20.7 Å². The van der Waals surface area contributed by atoms with Gasteiger partial charge < -0.3 is 24.3 Å². The molecule has 0 aliphatic carbocycles. The third kappa shape index (κ3) is 6.81. The van der Waals surface area contributed by atoms with E-state index in [1.807, 2.05) is 6.07 Å². The third-order valence-electron chi connectivity index (χ3n) is 3.25. The minimum absolute atomic E-state index is 0.283. The number of alkyl carbamates (subject to hydrolysis) is 1. The molecule has 0 fully saturated rings. The van der Waals surface area contributed by atoms with Gasteiger partial charge in [-0.15, -0.1) is 0 Å². The van der Waals surface area contributed by atoms with Crippen molar-refractivity contribution in [1.82, 2.24) is 5.32 Å². The molecule has 1 N–H and O–H groups in total. The lowest BCUT2D eigenvalue weighted by atomic mass is 10.1. The molecule has 0 bridgehead atoms. The molecular weight excluding hydrogens is 394 g/mol. The summed E-state index contributed by atoms with van der Waals surface area (Å²) in [6.45, 7) is 5.22. The summed E-state index contributed by atoms with van der Waals surface area (Å²) in [7, 11) is 3.15. The third-order valence-corrected chi connectivity index (χ3v) is 3.86. The van der Waals surface area contributed by atoms with E-state index in [9.17, 15) is 9.59 Å². The fraction of sp³-hybridized carbons (Fsp3) is 0.529. The van der Waals surface area contributed by atoms with E-state index in [1.165, 1.54) is 6.92 Å². The number of halogens is 1. The summed E-state index contributed by atoms with van der Waals surface area (Å²) in [6, 6.07) is 3.64. The maximum Gasteiger partial charge on any atom is 0.410 e. The summed E-state index contributed by atoms with van der Waals surface area (Å²) in [4.78, 5) is 23.2. The Morgan fingerprint density at radius 2 is 1.72 bits per heavy atom. The molecule has 0 saturated heterocycles. The first-order valence-corrected chi connectivity index (χ1v) is 8.63. The highest BCUT2D eigenvalue weighted by Crippen LogP contribution is 2.32. The van der Waals surface area contributed by atoms with Gasteiger partial charge in [0.05, 0.1) is 24.6 Å². The predicted molar refractivity (Wildman–Crippen MR) is 95.8 cm³/mol. The molecule has 1 aromatic rings. The summed E-state index contributed by atoms with van der Waals surface area (Å²) in [6.07, 6.45) is -1.09. The fourth-order valence-electron chi connectivity index (χ4n) is 1.93. The van der Waals surface area contributed by atoms with E-state index in [-0.39, 0.29) is 5.92 Å². The lowest BCUT2D eigenvalue weighted by Gasteiger charge is -2.16. The lowest BCUT2D eigenvalue weighted by Crippen LogP contribution is -2.32. The molecule has 0 aliphatic rings. The first-order valence-electron chi connectivity index (χ1n) is 7.83. The number of hydrogen-bond acceptors (Lipinski definition) is 6. The Hall–Kier alpha value is -1.96. The molecule has 0 heterocycles. The number of esters is 1. The van der Waals surface area contributed by atoms with Gasteiger partial charge in [-0.1, -0.05) is 13.8 Å². The molecule has 1 rings (SSSR count). The van der Waals surface area contributed by atoms with Crippen LogP contribution < -0.4 is 14.8 Å². The van der Waals surface area contributed by atoms with Crippen LogP contribution in [0.25, 0.3) is 0 Å². The normalized spacial score (nSPS) is 11.6. The summed E-state index contributed by atoms with van der Waals surface area (Å²) >= 11 is 3.39. The van der Waals surface area contributed by atoms with Crippen LogP contribution in [0.5, 0.6) is 11.5 Å². The average molecular weight is 418 g/mol. The van der Waals surface area contributed by atoms with Gasteiger partial charge >= 0.3 is 12.1 Å². The Labute approximate surface area is 156 Å². The zero-order valence-corrected chi connectivity index (χ0v) is 16.6. The highest BCUT2D eigenvalue weighted by molar-refractivity contribution is 9.10. The van der Waals surface area contributed by atoms with Gasteiger partial charge in [0, 0.05) is 13.5 Å². The maximum atomic E-state index is 11.7. The molecule has 140 valence electrons. The van der Waals surface area contributed by atoms with E-state index in [0.717, 1.165) is 10.0 Å². The molecule has 7 nitrogen and oxygen atoms in total. The second-order valence-corrected chi connectivity index (χ2v) is 6.39. The average Bonchev–Trinajstić information content (AvgIpc) is 2.55. The second-order valence-electron chi connectivity index (χ2n) is 5.54. The maximum absolute atomic E-state index is 11.7. The van der Waals surface area contributed by atoms with Gasteiger partial charge in [0.15, 0.2) is 0 Å². The van der Waals surface area contributed by atoms with Crippen molar-refractivity contribution in [1.29, 1.82) is 0 Å². The number of nitrogens with one attached hydrogen (secondary N) is 1. The molecule has 1 atom stereocenters. The standard InChI is InChI=1S/C17H24BrNO6/c1-10(2)16(20)24-11(3)25-17(21)19-7-6-12-8-15(23-5)13(18)9-14(12)22-4/h8-11H,6-7H2,1-5H3,(H,19,21). The summed E-state index contributed by atoms with van der Waals surface area (Å²) in [5.41, 5.74) is 0.877. The Morgan fingerprint density at radius 1 is 1.08 bits per heavy atom. The van der Waals surface area contributed by atoms with Gasteiger partial charge in [0.25, 0.3) is 0 Å². The van der Waals surface area contributed by atoms with Crippen LogP contribution in [0.4, 0.5) is 4.79 Å². The first kappa shape index (κ1) is 21.1. The summed E-state index contributed by atoms with van der Waals surface area (Å²) < 4.78 is 21.3. The Kier molecular flexibility index (Phi) is 8.54. The number of carbonyl (C=O) groups is 2. The summed E-state index contributed by atoms with van der Waals surface area (Å²) in [5.74, 6) is 0.649. The molecule has 0 aromatic heterocycles. The Balaban J connectivity index is 2.51. The van der Waals surface area contributed by atoms with Crippen molar-refractivity contribution in [3.63, 3.8) is 0 Å². The SMILES string of the molecule is COc1cc(CCNC(=O)OC(C)OC(=O)C(C)C)c(OC)cc1Br. The molecular formula is C17H24BrNO6. The molecule has 1 aromatic carbocycles. The minimum Gasteiger partial charge on any atom is -0.496 e. The van der Waals surface area contributed by atoms with Crippen LogP contribution in [0.3, 0.4) is 0 Å². The van der Waals surface area contributed by atoms with Gasteiger partial charge in [-0.25, -0.2) is 4.79 Å². The number of hydrogen-bond donors (Lipinski definition) is 1. The smallest absolute Gasteiger partial charge is 0.410 e. The van der Waals surface area contributed by atoms with Crippen LogP contribution in [0, 0.1) is 5.92 Å². The van der Waals surface area contributed by atoms with E-state index < -0.39 is 18.4 Å². The molecule has 0 aliphatic heterocycles. The van der Waals surface area contributed by atoms with Crippen LogP contribution in [-0.4, -0.2) is 39.1 Å². The molecule has 1 amide bonds. The molecule has 8 heteroatoms. The quantitative estimate of drug-likeness (QED) is 0.516. The van der Waals surface area contributed by atoms with Crippen molar-refractivity contribution in [3.8, 4) is 11.5 Å². The van der Waals surface area contributed by atoms with E-state index >= 15 is 0 Å². The van der Waals surface area contributed by atoms with E-state index in [2.05, 4.69) is 21.2 Å². The van der Waals surface area contributed by atoms with Crippen LogP contribution >= 0.6 is 15.9 Å². The topological polar surface area (TPSA) is 83.1 Å². The summed E-state index contributed by atoms with van der Waals surface area (Å²) in [5, 5.41) is 2.61. The Morgan fingerprint density at radius 3 is 2.28 bits per heavy atom. The van der Waals surface area contributed by atoms with Crippen LogP contribution in [0.1, 0.15) is 26.3 Å². The van der Waals surface area contributed by atoms with Crippen molar-refractivity contribution >= 4 is 28.0 Å². The highest BCUT2D eigenvalue weighted by atomic mass is 79.9. The van der Waals surface area contributed by atoms with Gasteiger partial charge in [0.1, 0.15) is 11.5 Å². The number of rotatable bonds is 8. The predicted octanol–water partition coefficient (Wildman–Crippen LogP) is 3.28. The van der Waals surface area contributed by atoms with E-state index in [1.54, 1.807) is 34.1 Å². The van der Waals surface area contributed by atoms with Crippen molar-refractivity contribution in [2.75, 3.05) is 20.8 Å². The van der Waals surface area contributed by atoms with Gasteiger partial charge in [-0.2, -0.15) is 0 Å². The number of methoxy groups -OCH3 is 2. The van der Waals surface area contributed by atoms with Crippen LogP contribution in [0.2, 0.25) is 0 Å². The molecule has 25 heavy (non-hydrogen) atoms. The molecule has 0 radical (unpaired) electrons. The van der Waals surface area contributed by atoms with Crippen molar-refractivity contribution in [2.24, 2.45) is 5.92 Å². The van der Waals surface area contributed by atoms with Crippen LogP contribution in [0.15, 0.2) is 16.6 Å². The van der Waals surface area contributed by atoms with E-state index in [0.29, 0.717) is 24.5 Å². The Bertz CT molecular complexity index is 605. The van der Waals surface area contributed by atoms with Gasteiger partial charge in [-0.05, 0) is 40.0 Å². The van der Waals surface area contributed by atoms with Gasteiger partial charge in [-0.3, -0.25) is 4.79 Å². The van der Waals surface area contributed by atoms with Crippen molar-refractivity contribution < 1.29 is 28.5 Å². The number of carbonyl (C=O) groups excluding carboxylic acids is 2. The largest absolute Gasteiger partial charge is 0.496 e. The number of benzene rings is 1. The monoisotopic (exact) mass is 417 g/mol. The zero-order valence-electron chi connectivity index (χ0n) is 15.1. The van der Waals surface area contributed by atoms with Crippen molar-refractivity contribution in [2.45, 2.75) is 33.5 Å². The second kappa shape index (κ2) is 10.1. The lowest BCUT2D eigenvalue weighted by molar-refractivity contribution is -0.168. The first-order chi connectivity index (χ1) is 11.8. The molecule has 1 unspecified atom stereocenters. The fourth-order valence-corrected chi connectivity index (χ4v) is 2.42. The minimum atomic E-state index is -0.947. The van der Waals surface area contributed by atoms with Gasteiger partial charge in [0.2, 0.25) is 6.29 Å². The van der Waals surface area contributed by atoms with E-state index in [4.69, 9.17) is 18.9 Å². The zero-order chi connectivity index (χ0) is 19.0. The van der Waals surface area contributed by atoms with Crippen molar-refractivity contribution in [3.05, 3.63) is 22.2 Å².